The quantitative estimate of drug-likeness (QED) is 0.820. The molecule has 4 heteroatoms. The SMILES string of the molecule is CC1C(CO)Sc2cccc(Cl)c2N1C. The van der Waals surface area contributed by atoms with Crippen molar-refractivity contribution in [3.8, 4) is 0 Å². The fraction of sp³-hybridized carbons (Fsp3) is 0.455. The van der Waals surface area contributed by atoms with Crippen LogP contribution in [0.25, 0.3) is 0 Å². The first-order valence-electron chi connectivity index (χ1n) is 4.94. The number of rotatable bonds is 1. The van der Waals surface area contributed by atoms with E-state index >= 15 is 0 Å². The molecule has 0 radical (unpaired) electrons. The molecule has 0 aliphatic carbocycles. The van der Waals surface area contributed by atoms with Gasteiger partial charge in [0, 0.05) is 18.0 Å². The van der Waals surface area contributed by atoms with Crippen molar-refractivity contribution in [2.45, 2.75) is 23.1 Å². The smallest absolute Gasteiger partial charge is 0.0694 e. The number of aliphatic hydroxyl groups excluding tert-OH is 1. The Morgan fingerprint density at radius 1 is 1.53 bits per heavy atom. The highest BCUT2D eigenvalue weighted by Gasteiger charge is 2.30. The van der Waals surface area contributed by atoms with Crippen LogP contribution in [-0.4, -0.2) is 30.1 Å². The van der Waals surface area contributed by atoms with Crippen LogP contribution < -0.4 is 4.90 Å². The van der Waals surface area contributed by atoms with Crippen LogP contribution in [0.4, 0.5) is 5.69 Å². The predicted octanol–water partition coefficient (Wildman–Crippen LogP) is 2.63. The van der Waals surface area contributed by atoms with Crippen molar-refractivity contribution in [2.75, 3.05) is 18.6 Å². The van der Waals surface area contributed by atoms with Crippen molar-refractivity contribution < 1.29 is 5.11 Å². The van der Waals surface area contributed by atoms with Gasteiger partial charge in [-0.2, -0.15) is 0 Å². The summed E-state index contributed by atoms with van der Waals surface area (Å²) in [6.45, 7) is 2.31. The van der Waals surface area contributed by atoms with E-state index < -0.39 is 0 Å². The minimum atomic E-state index is 0.197. The Labute approximate surface area is 99.2 Å². The standard InChI is InChI=1S/C11H14ClNOS/c1-7-10(6-14)15-9-5-3-4-8(12)11(9)13(7)2/h3-5,7,10,14H,6H2,1-2H3. The maximum atomic E-state index is 9.29. The van der Waals surface area contributed by atoms with Gasteiger partial charge in [0.1, 0.15) is 0 Å². The molecule has 1 aliphatic heterocycles. The van der Waals surface area contributed by atoms with Crippen LogP contribution in [-0.2, 0) is 0 Å². The summed E-state index contributed by atoms with van der Waals surface area (Å²) in [5.74, 6) is 0. The van der Waals surface area contributed by atoms with Crippen molar-refractivity contribution in [3.05, 3.63) is 23.2 Å². The van der Waals surface area contributed by atoms with E-state index in [1.165, 1.54) is 0 Å². The molecule has 1 aliphatic rings. The Morgan fingerprint density at radius 3 is 2.93 bits per heavy atom. The summed E-state index contributed by atoms with van der Waals surface area (Å²) in [5, 5.41) is 10.3. The molecule has 0 amide bonds. The van der Waals surface area contributed by atoms with Gasteiger partial charge in [0.15, 0.2) is 0 Å². The monoisotopic (exact) mass is 243 g/mol. The van der Waals surface area contributed by atoms with Gasteiger partial charge in [0.25, 0.3) is 0 Å². The molecule has 0 spiro atoms. The zero-order valence-electron chi connectivity index (χ0n) is 8.77. The molecule has 1 aromatic rings. The zero-order valence-corrected chi connectivity index (χ0v) is 10.3. The number of halogens is 1. The highest BCUT2D eigenvalue weighted by atomic mass is 35.5. The molecule has 2 unspecified atom stereocenters. The molecular weight excluding hydrogens is 230 g/mol. The molecule has 1 aromatic carbocycles. The third-order valence-electron chi connectivity index (χ3n) is 2.91. The summed E-state index contributed by atoms with van der Waals surface area (Å²) in [4.78, 5) is 3.30. The highest BCUT2D eigenvalue weighted by molar-refractivity contribution is 8.00. The lowest BCUT2D eigenvalue weighted by Crippen LogP contribution is -2.42. The van der Waals surface area contributed by atoms with E-state index in [-0.39, 0.29) is 11.9 Å². The second-order valence-electron chi connectivity index (χ2n) is 3.78. The lowest BCUT2D eigenvalue weighted by atomic mass is 10.1. The summed E-state index contributed by atoms with van der Waals surface area (Å²) in [7, 11) is 2.03. The van der Waals surface area contributed by atoms with E-state index in [4.69, 9.17) is 11.6 Å². The minimum absolute atomic E-state index is 0.197. The number of benzene rings is 1. The van der Waals surface area contributed by atoms with E-state index in [2.05, 4.69) is 17.9 Å². The number of fused-ring (bicyclic) bond motifs is 1. The molecule has 2 nitrogen and oxygen atoms in total. The molecule has 1 N–H and O–H groups in total. The van der Waals surface area contributed by atoms with Crippen LogP contribution >= 0.6 is 23.4 Å². The second-order valence-corrected chi connectivity index (χ2v) is 5.47. The first kappa shape index (κ1) is 11.1. The molecule has 1 heterocycles. The first-order valence-corrected chi connectivity index (χ1v) is 6.19. The Balaban J connectivity index is 2.45. The van der Waals surface area contributed by atoms with Crippen molar-refractivity contribution in [1.82, 2.24) is 0 Å². The van der Waals surface area contributed by atoms with E-state index in [0.29, 0.717) is 6.04 Å². The zero-order chi connectivity index (χ0) is 11.0. The highest BCUT2D eigenvalue weighted by Crippen LogP contribution is 2.44. The number of anilines is 1. The molecule has 2 atom stereocenters. The lowest BCUT2D eigenvalue weighted by Gasteiger charge is -2.38. The summed E-state index contributed by atoms with van der Waals surface area (Å²) in [5.41, 5.74) is 1.08. The molecule has 0 bridgehead atoms. The first-order chi connectivity index (χ1) is 7.15. The largest absolute Gasteiger partial charge is 0.395 e. The van der Waals surface area contributed by atoms with Gasteiger partial charge in [-0.3, -0.25) is 0 Å². The van der Waals surface area contributed by atoms with Crippen LogP contribution in [0.15, 0.2) is 23.1 Å². The summed E-state index contributed by atoms with van der Waals surface area (Å²) in [6, 6.07) is 6.21. The van der Waals surface area contributed by atoms with Crippen LogP contribution in [0.2, 0.25) is 5.02 Å². The maximum absolute atomic E-state index is 9.29. The Bertz CT molecular complexity index is 372. The fourth-order valence-corrected chi connectivity index (χ4v) is 3.50. The van der Waals surface area contributed by atoms with Crippen LogP contribution in [0, 0.1) is 0 Å². The molecule has 0 saturated heterocycles. The molecule has 0 fully saturated rings. The average molecular weight is 244 g/mol. The summed E-state index contributed by atoms with van der Waals surface area (Å²) >= 11 is 7.88. The molecule has 82 valence electrons. The van der Waals surface area contributed by atoms with Crippen LogP contribution in [0.3, 0.4) is 0 Å². The van der Waals surface area contributed by atoms with Crippen LogP contribution in [0.1, 0.15) is 6.92 Å². The average Bonchev–Trinajstić information content (AvgIpc) is 2.23. The van der Waals surface area contributed by atoms with Gasteiger partial charge in [-0.25, -0.2) is 0 Å². The summed E-state index contributed by atoms with van der Waals surface area (Å²) in [6.07, 6.45) is 0. The number of para-hydroxylation sites is 1. The maximum Gasteiger partial charge on any atom is 0.0694 e. The van der Waals surface area contributed by atoms with Gasteiger partial charge in [-0.15, -0.1) is 11.8 Å². The van der Waals surface area contributed by atoms with Crippen molar-refractivity contribution in [3.63, 3.8) is 0 Å². The van der Waals surface area contributed by atoms with Gasteiger partial charge in [0.2, 0.25) is 0 Å². The number of hydrogen-bond donors (Lipinski definition) is 1. The van der Waals surface area contributed by atoms with Gasteiger partial charge in [-0.1, -0.05) is 17.7 Å². The molecule has 15 heavy (non-hydrogen) atoms. The molecule has 0 aromatic heterocycles. The van der Waals surface area contributed by atoms with Crippen molar-refractivity contribution in [2.24, 2.45) is 0 Å². The third-order valence-corrected chi connectivity index (χ3v) is 4.64. The third kappa shape index (κ3) is 1.84. The Hall–Kier alpha value is -0.380. The van der Waals surface area contributed by atoms with Crippen LogP contribution in [0.5, 0.6) is 0 Å². The molecule has 0 saturated carbocycles. The van der Waals surface area contributed by atoms with E-state index in [1.54, 1.807) is 11.8 Å². The minimum Gasteiger partial charge on any atom is -0.395 e. The second kappa shape index (κ2) is 4.24. The summed E-state index contributed by atoms with van der Waals surface area (Å²) < 4.78 is 0. The van der Waals surface area contributed by atoms with Gasteiger partial charge in [0.05, 0.1) is 22.6 Å². The van der Waals surface area contributed by atoms with Crippen molar-refractivity contribution >= 4 is 29.1 Å². The van der Waals surface area contributed by atoms with Gasteiger partial charge in [-0.05, 0) is 19.1 Å². The normalized spacial score (nSPS) is 25.2. The molecular formula is C11H14ClNOS. The fourth-order valence-electron chi connectivity index (χ4n) is 1.84. The van der Waals surface area contributed by atoms with E-state index in [9.17, 15) is 5.11 Å². The predicted molar refractivity (Wildman–Crippen MR) is 66.0 cm³/mol. The Morgan fingerprint density at radius 2 is 2.27 bits per heavy atom. The topological polar surface area (TPSA) is 23.5 Å². The van der Waals surface area contributed by atoms with E-state index in [0.717, 1.165) is 15.6 Å². The molecule has 2 rings (SSSR count). The number of aliphatic hydroxyl groups is 1. The lowest BCUT2D eigenvalue weighted by molar-refractivity contribution is 0.282. The number of nitrogens with zero attached hydrogens (tertiary/aromatic N) is 1. The Kier molecular flexibility index (Phi) is 3.14. The van der Waals surface area contributed by atoms with Gasteiger partial charge >= 0.3 is 0 Å². The van der Waals surface area contributed by atoms with E-state index in [1.807, 2.05) is 19.2 Å². The number of hydrogen-bond acceptors (Lipinski definition) is 3. The number of thioether (sulfide) groups is 1. The van der Waals surface area contributed by atoms with Gasteiger partial charge < -0.3 is 10.0 Å². The van der Waals surface area contributed by atoms with Crippen molar-refractivity contribution in [1.29, 1.82) is 0 Å².